The largest absolute Gasteiger partial charge is 0.481 e. The van der Waals surface area contributed by atoms with Crippen molar-refractivity contribution in [1.82, 2.24) is 9.88 Å². The van der Waals surface area contributed by atoms with Crippen molar-refractivity contribution in [2.75, 3.05) is 20.2 Å². The van der Waals surface area contributed by atoms with E-state index in [4.69, 9.17) is 14.2 Å². The molecule has 29 heavy (non-hydrogen) atoms. The molecule has 1 aromatic heterocycles. The number of likely N-dealkylation sites (tertiary alicyclic amines) is 1. The van der Waals surface area contributed by atoms with Gasteiger partial charge in [0.2, 0.25) is 11.7 Å². The zero-order chi connectivity index (χ0) is 19.8. The van der Waals surface area contributed by atoms with Gasteiger partial charge >= 0.3 is 0 Å². The van der Waals surface area contributed by atoms with Gasteiger partial charge in [0.1, 0.15) is 5.75 Å². The fraction of sp³-hybridized carbons (Fsp3) is 0.522. The minimum Gasteiger partial charge on any atom is -0.481 e. The van der Waals surface area contributed by atoms with E-state index in [1.165, 1.54) is 19.3 Å². The molecule has 1 saturated carbocycles. The van der Waals surface area contributed by atoms with Crippen LogP contribution >= 0.6 is 0 Å². The Morgan fingerprint density at radius 2 is 2.03 bits per heavy atom. The maximum atomic E-state index is 9.56. The average Bonchev–Trinajstić information content (AvgIpc) is 2.73. The van der Waals surface area contributed by atoms with Crippen molar-refractivity contribution in [3.63, 3.8) is 0 Å². The molecule has 2 fully saturated rings. The van der Waals surface area contributed by atoms with E-state index < -0.39 is 5.79 Å². The number of methoxy groups -OCH3 is 1. The van der Waals surface area contributed by atoms with Crippen LogP contribution in [0.1, 0.15) is 43.2 Å². The number of rotatable bonds is 4. The molecule has 1 aromatic carbocycles. The number of aliphatic hydroxyl groups excluding tert-OH is 1. The molecule has 3 heterocycles. The number of fused-ring (bicyclic) bond motifs is 1. The van der Waals surface area contributed by atoms with Gasteiger partial charge in [-0.2, -0.15) is 0 Å². The summed E-state index contributed by atoms with van der Waals surface area (Å²) in [5.41, 5.74) is 3.69. The molecule has 1 saturated heterocycles. The molecule has 2 aromatic rings. The topological polar surface area (TPSA) is 64.1 Å². The number of benzene rings is 1. The molecule has 5 rings (SSSR count). The van der Waals surface area contributed by atoms with Crippen molar-refractivity contribution in [1.29, 1.82) is 0 Å². The zero-order valence-corrected chi connectivity index (χ0v) is 16.9. The molecule has 0 atom stereocenters. The van der Waals surface area contributed by atoms with Crippen LogP contribution in [0.25, 0.3) is 11.1 Å². The summed E-state index contributed by atoms with van der Waals surface area (Å²) in [6.07, 6.45) is 7.68. The Hall–Kier alpha value is -2.15. The van der Waals surface area contributed by atoms with Crippen molar-refractivity contribution < 1.29 is 19.3 Å². The van der Waals surface area contributed by atoms with Gasteiger partial charge in [0.05, 0.1) is 20.3 Å². The minimum absolute atomic E-state index is 0.110. The van der Waals surface area contributed by atoms with Crippen molar-refractivity contribution in [3.05, 3.63) is 41.6 Å². The SMILES string of the molecule is COc1ncc(-c2ccc3c(c2)COC2(CCN(C4CCC4)CC2)O3)cc1CO. The van der Waals surface area contributed by atoms with E-state index in [2.05, 4.69) is 16.0 Å². The normalized spacial score (nSPS) is 21.3. The minimum atomic E-state index is -0.472. The van der Waals surface area contributed by atoms with Gasteiger partial charge in [0.25, 0.3) is 0 Å². The highest BCUT2D eigenvalue weighted by atomic mass is 16.7. The van der Waals surface area contributed by atoms with Crippen LogP contribution in [0.15, 0.2) is 30.5 Å². The number of piperidine rings is 1. The first-order valence-electron chi connectivity index (χ1n) is 10.5. The Kier molecular flexibility index (Phi) is 4.94. The summed E-state index contributed by atoms with van der Waals surface area (Å²) in [7, 11) is 1.56. The molecule has 0 radical (unpaired) electrons. The van der Waals surface area contributed by atoms with Gasteiger partial charge in [-0.3, -0.25) is 4.90 Å². The number of nitrogens with zero attached hydrogens (tertiary/aromatic N) is 2. The van der Waals surface area contributed by atoms with Gasteiger partial charge < -0.3 is 19.3 Å². The second-order valence-electron chi connectivity index (χ2n) is 8.30. The van der Waals surface area contributed by atoms with Gasteiger partial charge in [-0.1, -0.05) is 12.5 Å². The Bertz CT molecular complexity index is 888. The molecule has 2 aliphatic heterocycles. The fourth-order valence-corrected chi connectivity index (χ4v) is 4.59. The highest BCUT2D eigenvalue weighted by molar-refractivity contribution is 5.66. The second-order valence-corrected chi connectivity index (χ2v) is 8.30. The van der Waals surface area contributed by atoms with Crippen molar-refractivity contribution in [2.45, 2.75) is 57.1 Å². The smallest absolute Gasteiger partial charge is 0.218 e. The number of aromatic nitrogens is 1. The van der Waals surface area contributed by atoms with Gasteiger partial charge in [0.15, 0.2) is 0 Å². The molecule has 154 valence electrons. The quantitative estimate of drug-likeness (QED) is 0.853. The summed E-state index contributed by atoms with van der Waals surface area (Å²) in [4.78, 5) is 6.92. The van der Waals surface area contributed by atoms with E-state index in [0.29, 0.717) is 18.1 Å². The number of hydrogen-bond acceptors (Lipinski definition) is 6. The maximum absolute atomic E-state index is 9.56. The molecular formula is C23H28N2O4. The molecule has 6 heteroatoms. The lowest BCUT2D eigenvalue weighted by atomic mass is 9.89. The van der Waals surface area contributed by atoms with Crippen molar-refractivity contribution >= 4 is 0 Å². The summed E-state index contributed by atoms with van der Waals surface area (Å²) in [6.45, 7) is 2.56. The van der Waals surface area contributed by atoms with Gasteiger partial charge in [-0.25, -0.2) is 4.98 Å². The number of hydrogen-bond donors (Lipinski definition) is 1. The van der Waals surface area contributed by atoms with Crippen LogP contribution in [0.2, 0.25) is 0 Å². The Morgan fingerprint density at radius 3 is 2.72 bits per heavy atom. The summed E-state index contributed by atoms with van der Waals surface area (Å²) in [6, 6.07) is 8.88. The van der Waals surface area contributed by atoms with E-state index in [1.807, 2.05) is 18.2 Å². The standard InChI is InChI=1S/C23H28N2O4/c1-27-22-18(14-26)12-17(13-24-22)16-5-6-21-19(11-16)15-28-23(29-21)7-9-25(10-8-23)20-3-2-4-20/h5-6,11-13,20,26H,2-4,7-10,14-15H2,1H3. The molecular weight excluding hydrogens is 368 g/mol. The monoisotopic (exact) mass is 396 g/mol. The first-order valence-corrected chi connectivity index (χ1v) is 10.5. The summed E-state index contributed by atoms with van der Waals surface area (Å²) >= 11 is 0. The van der Waals surface area contributed by atoms with Gasteiger partial charge in [0, 0.05) is 54.9 Å². The van der Waals surface area contributed by atoms with Crippen LogP contribution in [-0.4, -0.2) is 47.0 Å². The van der Waals surface area contributed by atoms with Gasteiger partial charge in [-0.15, -0.1) is 0 Å². The molecule has 6 nitrogen and oxygen atoms in total. The summed E-state index contributed by atoms with van der Waals surface area (Å²) in [5.74, 6) is 0.900. The van der Waals surface area contributed by atoms with Crippen LogP contribution in [-0.2, 0) is 18.0 Å². The maximum Gasteiger partial charge on any atom is 0.218 e. The van der Waals surface area contributed by atoms with Crippen LogP contribution in [0.4, 0.5) is 0 Å². The summed E-state index contributed by atoms with van der Waals surface area (Å²) in [5, 5.41) is 9.56. The van der Waals surface area contributed by atoms with E-state index in [1.54, 1.807) is 13.3 Å². The van der Waals surface area contributed by atoms with E-state index in [9.17, 15) is 5.11 Å². The Morgan fingerprint density at radius 1 is 1.21 bits per heavy atom. The van der Waals surface area contributed by atoms with E-state index in [0.717, 1.165) is 54.4 Å². The lowest BCUT2D eigenvalue weighted by Crippen LogP contribution is -2.54. The van der Waals surface area contributed by atoms with Crippen molar-refractivity contribution in [3.8, 4) is 22.8 Å². The molecule has 3 aliphatic rings. The van der Waals surface area contributed by atoms with Crippen LogP contribution in [0, 0.1) is 0 Å². The highest BCUT2D eigenvalue weighted by Crippen LogP contribution is 2.40. The molecule has 0 bridgehead atoms. The third-order valence-electron chi connectivity index (χ3n) is 6.62. The predicted molar refractivity (Wildman–Crippen MR) is 109 cm³/mol. The summed E-state index contributed by atoms with van der Waals surface area (Å²) < 4.78 is 17.8. The van der Waals surface area contributed by atoms with Crippen LogP contribution in [0.5, 0.6) is 11.6 Å². The van der Waals surface area contributed by atoms with Crippen LogP contribution < -0.4 is 9.47 Å². The first kappa shape index (κ1) is 18.9. The number of pyridine rings is 1. The Balaban J connectivity index is 1.32. The predicted octanol–water partition coefficient (Wildman–Crippen LogP) is 3.50. The Labute approximate surface area is 171 Å². The lowest BCUT2D eigenvalue weighted by molar-refractivity contribution is -0.231. The number of ether oxygens (including phenoxy) is 3. The second kappa shape index (κ2) is 7.59. The highest BCUT2D eigenvalue weighted by Gasteiger charge is 2.42. The van der Waals surface area contributed by atoms with Gasteiger partial charge in [-0.05, 0) is 36.6 Å². The van der Waals surface area contributed by atoms with E-state index in [-0.39, 0.29) is 6.61 Å². The first-order chi connectivity index (χ1) is 14.2. The molecule has 1 N–H and O–H groups in total. The molecule has 0 unspecified atom stereocenters. The van der Waals surface area contributed by atoms with Crippen molar-refractivity contribution in [2.24, 2.45) is 0 Å². The van der Waals surface area contributed by atoms with E-state index >= 15 is 0 Å². The average molecular weight is 396 g/mol. The number of aliphatic hydroxyl groups is 1. The fourth-order valence-electron chi connectivity index (χ4n) is 4.59. The zero-order valence-electron chi connectivity index (χ0n) is 16.9. The molecule has 1 aliphatic carbocycles. The molecule has 0 amide bonds. The lowest BCUT2D eigenvalue weighted by Gasteiger charge is -2.47. The third-order valence-corrected chi connectivity index (χ3v) is 6.62. The molecule has 1 spiro atoms. The van der Waals surface area contributed by atoms with Crippen LogP contribution in [0.3, 0.4) is 0 Å². The third kappa shape index (κ3) is 3.50.